The first-order chi connectivity index (χ1) is 8.70. The topological polar surface area (TPSA) is 56.3 Å². The Labute approximate surface area is 117 Å². The third-order valence-electron chi connectivity index (χ3n) is 2.61. The van der Waals surface area contributed by atoms with E-state index in [2.05, 4.69) is 0 Å². The van der Waals surface area contributed by atoms with Gasteiger partial charge < -0.3 is 17.1 Å². The third kappa shape index (κ3) is 3.66. The van der Waals surface area contributed by atoms with Crippen LogP contribution in [-0.2, 0) is 6.54 Å². The molecule has 5 nitrogen and oxygen atoms in total. The van der Waals surface area contributed by atoms with Gasteiger partial charge >= 0.3 is 0 Å². The first-order valence-electron chi connectivity index (χ1n) is 5.46. The number of nitro groups is 1. The van der Waals surface area contributed by atoms with Crippen LogP contribution in [0.3, 0.4) is 0 Å². The van der Waals surface area contributed by atoms with Crippen LogP contribution in [0.2, 0.25) is 0 Å². The van der Waals surface area contributed by atoms with Gasteiger partial charge in [0.1, 0.15) is 5.75 Å². The largest absolute Gasteiger partial charge is 1.00 e. The molecule has 100 valence electrons. The zero-order valence-electron chi connectivity index (χ0n) is 10.3. The Hall–Kier alpha value is -2.14. The normalized spacial score (nSPS) is 9.53. The average Bonchev–Trinajstić information content (AvgIpc) is 2.39. The number of hydrogen-bond donors (Lipinski definition) is 0. The molecule has 0 radical (unpaired) electrons. The van der Waals surface area contributed by atoms with Crippen LogP contribution in [0.25, 0.3) is 0 Å². The van der Waals surface area contributed by atoms with Crippen molar-refractivity contribution in [2.45, 2.75) is 6.54 Å². The lowest BCUT2D eigenvalue weighted by Crippen LogP contribution is -3.00. The third-order valence-corrected chi connectivity index (χ3v) is 2.61. The van der Waals surface area contributed by atoms with E-state index in [1.165, 1.54) is 6.07 Å². The van der Waals surface area contributed by atoms with Crippen LogP contribution in [-0.4, -0.2) is 12.0 Å². The zero-order valence-corrected chi connectivity index (χ0v) is 11.1. The summed E-state index contributed by atoms with van der Waals surface area (Å²) in [5, 5.41) is 10.8. The summed E-state index contributed by atoms with van der Waals surface area (Å²) in [6, 6.07) is 10.3. The molecule has 0 aliphatic heterocycles. The van der Waals surface area contributed by atoms with Crippen molar-refractivity contribution in [1.82, 2.24) is 0 Å². The van der Waals surface area contributed by atoms with Gasteiger partial charge in [-0.05, 0) is 6.07 Å². The number of non-ortho nitro benzene ring substituents is 1. The molecule has 0 bridgehead atoms. The molecular formula is C13H13ClN2O3. The van der Waals surface area contributed by atoms with Gasteiger partial charge in [0.25, 0.3) is 5.69 Å². The molecule has 0 fully saturated rings. The molecule has 0 atom stereocenters. The highest BCUT2D eigenvalue weighted by Crippen LogP contribution is 2.23. The van der Waals surface area contributed by atoms with Crippen LogP contribution >= 0.6 is 0 Å². The van der Waals surface area contributed by atoms with E-state index in [9.17, 15) is 10.1 Å². The molecule has 2 aromatic rings. The van der Waals surface area contributed by atoms with Gasteiger partial charge in [-0.25, -0.2) is 4.57 Å². The molecule has 0 unspecified atom stereocenters. The maximum Gasteiger partial charge on any atom is 0.270 e. The number of ether oxygens (including phenoxy) is 1. The molecule has 0 saturated carbocycles. The van der Waals surface area contributed by atoms with E-state index in [-0.39, 0.29) is 18.1 Å². The SMILES string of the molecule is COc1ccc([N+](=O)[O-])cc1C[n+]1ccccc1.[Cl-]. The lowest BCUT2D eigenvalue weighted by atomic mass is 10.1. The van der Waals surface area contributed by atoms with E-state index in [0.717, 1.165) is 5.56 Å². The molecule has 1 aromatic carbocycles. The monoisotopic (exact) mass is 280 g/mol. The van der Waals surface area contributed by atoms with Crippen LogP contribution in [0, 0.1) is 10.1 Å². The number of benzene rings is 1. The van der Waals surface area contributed by atoms with Gasteiger partial charge in [-0.2, -0.15) is 0 Å². The zero-order chi connectivity index (χ0) is 13.0. The Balaban J connectivity index is 0.00000180. The Bertz CT molecular complexity index is 561. The highest BCUT2D eigenvalue weighted by Gasteiger charge is 2.14. The van der Waals surface area contributed by atoms with Crippen LogP contribution in [0.1, 0.15) is 5.56 Å². The van der Waals surface area contributed by atoms with Crippen molar-refractivity contribution in [1.29, 1.82) is 0 Å². The molecule has 19 heavy (non-hydrogen) atoms. The molecule has 0 aliphatic carbocycles. The van der Waals surface area contributed by atoms with Crippen molar-refractivity contribution >= 4 is 5.69 Å². The lowest BCUT2D eigenvalue weighted by Gasteiger charge is -2.05. The highest BCUT2D eigenvalue weighted by atomic mass is 35.5. The van der Waals surface area contributed by atoms with E-state index in [0.29, 0.717) is 12.3 Å². The number of hydrogen-bond acceptors (Lipinski definition) is 3. The Morgan fingerprint density at radius 3 is 2.53 bits per heavy atom. The number of pyridine rings is 1. The lowest BCUT2D eigenvalue weighted by molar-refractivity contribution is -0.688. The van der Waals surface area contributed by atoms with Crippen molar-refractivity contribution in [3.05, 3.63) is 64.5 Å². The fourth-order valence-corrected chi connectivity index (χ4v) is 1.74. The van der Waals surface area contributed by atoms with Crippen molar-refractivity contribution in [3.8, 4) is 5.75 Å². The molecule has 0 amide bonds. The fraction of sp³-hybridized carbons (Fsp3) is 0.154. The predicted molar refractivity (Wildman–Crippen MR) is 65.4 cm³/mol. The minimum Gasteiger partial charge on any atom is -1.00 e. The first kappa shape index (κ1) is 14.9. The van der Waals surface area contributed by atoms with Crippen LogP contribution in [0.15, 0.2) is 48.8 Å². The molecule has 0 N–H and O–H groups in total. The quantitative estimate of drug-likeness (QED) is 0.408. The number of nitrogens with zero attached hydrogens (tertiary/aromatic N) is 2. The minimum atomic E-state index is -0.404. The molecule has 1 heterocycles. The van der Waals surface area contributed by atoms with Gasteiger partial charge in [0, 0.05) is 24.3 Å². The van der Waals surface area contributed by atoms with E-state index in [1.807, 2.05) is 35.2 Å². The molecular weight excluding hydrogens is 268 g/mol. The summed E-state index contributed by atoms with van der Waals surface area (Å²) in [5.41, 5.74) is 0.852. The summed E-state index contributed by atoms with van der Waals surface area (Å²) in [5.74, 6) is 0.650. The predicted octanol–water partition coefficient (Wildman–Crippen LogP) is -1.06. The summed E-state index contributed by atoms with van der Waals surface area (Å²) in [7, 11) is 1.56. The van der Waals surface area contributed by atoms with Crippen LogP contribution in [0.4, 0.5) is 5.69 Å². The summed E-state index contributed by atoms with van der Waals surface area (Å²) in [6.45, 7) is 0.533. The van der Waals surface area contributed by atoms with Gasteiger partial charge in [0.05, 0.1) is 17.6 Å². The number of nitro benzene ring substituents is 1. The van der Waals surface area contributed by atoms with Gasteiger partial charge in [-0.1, -0.05) is 6.07 Å². The maximum atomic E-state index is 10.8. The summed E-state index contributed by atoms with van der Waals surface area (Å²) in [6.07, 6.45) is 3.80. The van der Waals surface area contributed by atoms with E-state index < -0.39 is 4.92 Å². The van der Waals surface area contributed by atoms with E-state index >= 15 is 0 Å². The summed E-state index contributed by atoms with van der Waals surface area (Å²) in [4.78, 5) is 10.4. The molecule has 6 heteroatoms. The molecule has 0 spiro atoms. The van der Waals surface area contributed by atoms with Crippen molar-refractivity contribution in [3.63, 3.8) is 0 Å². The molecule has 0 saturated heterocycles. The van der Waals surface area contributed by atoms with Crippen LogP contribution < -0.4 is 21.7 Å². The number of rotatable bonds is 4. The van der Waals surface area contributed by atoms with Crippen molar-refractivity contribution in [2.75, 3.05) is 7.11 Å². The number of methoxy groups -OCH3 is 1. The minimum absolute atomic E-state index is 0. The van der Waals surface area contributed by atoms with E-state index in [1.54, 1.807) is 19.2 Å². The van der Waals surface area contributed by atoms with Crippen molar-refractivity contribution in [2.24, 2.45) is 0 Å². The molecule has 2 rings (SSSR count). The van der Waals surface area contributed by atoms with Gasteiger partial charge in [0.2, 0.25) is 0 Å². The second kappa shape index (κ2) is 6.70. The molecule has 1 aromatic heterocycles. The second-order valence-electron chi connectivity index (χ2n) is 3.80. The van der Waals surface area contributed by atoms with Gasteiger partial charge in [-0.15, -0.1) is 0 Å². The second-order valence-corrected chi connectivity index (χ2v) is 3.80. The first-order valence-corrected chi connectivity index (χ1v) is 5.46. The molecule has 0 aliphatic rings. The van der Waals surface area contributed by atoms with Crippen LogP contribution in [0.5, 0.6) is 5.75 Å². The maximum absolute atomic E-state index is 10.8. The summed E-state index contributed by atoms with van der Waals surface area (Å²) >= 11 is 0. The number of halogens is 1. The van der Waals surface area contributed by atoms with E-state index in [4.69, 9.17) is 4.74 Å². The average molecular weight is 281 g/mol. The smallest absolute Gasteiger partial charge is 0.270 e. The highest BCUT2D eigenvalue weighted by molar-refractivity contribution is 5.43. The Morgan fingerprint density at radius 1 is 1.26 bits per heavy atom. The summed E-state index contributed by atoms with van der Waals surface area (Å²) < 4.78 is 7.15. The standard InChI is InChI=1S/C13H13N2O3.ClH/c1-18-13-6-5-12(15(16)17)9-11(13)10-14-7-3-2-4-8-14;/h2-9H,10H2,1H3;1H/q+1;/p-1. The van der Waals surface area contributed by atoms with Gasteiger partial charge in [-0.3, -0.25) is 10.1 Å². The Kier molecular flexibility index (Phi) is 5.26. The Morgan fingerprint density at radius 2 is 1.95 bits per heavy atom. The number of aromatic nitrogens is 1. The van der Waals surface area contributed by atoms with Gasteiger partial charge in [0.15, 0.2) is 18.9 Å². The van der Waals surface area contributed by atoms with Crippen molar-refractivity contribution < 1.29 is 26.6 Å². The fourth-order valence-electron chi connectivity index (χ4n) is 1.74.